The molecule has 0 radical (unpaired) electrons. The molecule has 4 heteroatoms. The average molecular weight is 244 g/mol. The van der Waals surface area contributed by atoms with Gasteiger partial charge in [-0.15, -0.1) is 0 Å². The second kappa shape index (κ2) is 6.00. The normalized spacial score (nSPS) is 12.2. The van der Waals surface area contributed by atoms with Crippen LogP contribution < -0.4 is 0 Å². The lowest BCUT2D eigenvalue weighted by Crippen LogP contribution is -2.17. The fourth-order valence-corrected chi connectivity index (χ4v) is 1.96. The predicted octanol–water partition coefficient (Wildman–Crippen LogP) is 2.29. The molecular weight excluding hydrogens is 228 g/mol. The summed E-state index contributed by atoms with van der Waals surface area (Å²) in [5.74, 6) is -1.09. The molecule has 1 heterocycles. The molecule has 0 aliphatic rings. The fraction of sp³-hybridized carbons (Fsp3) is 0.286. The van der Waals surface area contributed by atoms with Crippen molar-refractivity contribution in [3.63, 3.8) is 0 Å². The third kappa shape index (κ3) is 3.45. The van der Waals surface area contributed by atoms with Crippen LogP contribution in [0.25, 0.3) is 0 Å². The van der Waals surface area contributed by atoms with Crippen LogP contribution in [0.1, 0.15) is 17.7 Å². The lowest BCUT2D eigenvalue weighted by Gasteiger charge is -2.11. The molecule has 0 fully saturated rings. The SMILES string of the molecule is O=C(O)C(CCc1cnc[nH]1)Cc1ccccc1. The van der Waals surface area contributed by atoms with Gasteiger partial charge in [-0.25, -0.2) is 4.98 Å². The van der Waals surface area contributed by atoms with Gasteiger partial charge in [-0.3, -0.25) is 4.79 Å². The largest absolute Gasteiger partial charge is 0.481 e. The first-order valence-corrected chi connectivity index (χ1v) is 5.99. The number of hydrogen-bond donors (Lipinski definition) is 2. The number of benzene rings is 1. The Bertz CT molecular complexity index is 480. The third-order valence-electron chi connectivity index (χ3n) is 2.99. The van der Waals surface area contributed by atoms with E-state index in [1.807, 2.05) is 30.3 Å². The summed E-state index contributed by atoms with van der Waals surface area (Å²) in [6, 6.07) is 9.73. The number of aliphatic carboxylic acids is 1. The maximum atomic E-state index is 11.2. The third-order valence-corrected chi connectivity index (χ3v) is 2.99. The van der Waals surface area contributed by atoms with E-state index in [2.05, 4.69) is 9.97 Å². The molecule has 1 aromatic carbocycles. The van der Waals surface area contributed by atoms with E-state index in [9.17, 15) is 9.90 Å². The first-order chi connectivity index (χ1) is 8.75. The van der Waals surface area contributed by atoms with E-state index in [0.29, 0.717) is 19.3 Å². The van der Waals surface area contributed by atoms with Crippen molar-refractivity contribution < 1.29 is 9.90 Å². The minimum absolute atomic E-state index is 0.351. The molecule has 0 bridgehead atoms. The van der Waals surface area contributed by atoms with Gasteiger partial charge in [0.15, 0.2) is 0 Å². The number of imidazole rings is 1. The number of rotatable bonds is 6. The van der Waals surface area contributed by atoms with Gasteiger partial charge in [0.25, 0.3) is 0 Å². The average Bonchev–Trinajstić information content (AvgIpc) is 2.88. The van der Waals surface area contributed by atoms with Gasteiger partial charge in [-0.1, -0.05) is 30.3 Å². The Morgan fingerprint density at radius 2 is 2.11 bits per heavy atom. The van der Waals surface area contributed by atoms with Crippen LogP contribution in [0.15, 0.2) is 42.9 Å². The lowest BCUT2D eigenvalue weighted by molar-refractivity contribution is -0.141. The van der Waals surface area contributed by atoms with E-state index in [1.54, 1.807) is 12.5 Å². The summed E-state index contributed by atoms with van der Waals surface area (Å²) < 4.78 is 0. The van der Waals surface area contributed by atoms with E-state index in [-0.39, 0.29) is 5.92 Å². The van der Waals surface area contributed by atoms with E-state index in [0.717, 1.165) is 11.3 Å². The monoisotopic (exact) mass is 244 g/mol. The van der Waals surface area contributed by atoms with Gasteiger partial charge in [-0.05, 0) is 24.8 Å². The summed E-state index contributed by atoms with van der Waals surface area (Å²) in [6.07, 6.45) is 5.25. The molecule has 1 atom stereocenters. The van der Waals surface area contributed by atoms with Crippen LogP contribution in [-0.4, -0.2) is 21.0 Å². The zero-order chi connectivity index (χ0) is 12.8. The number of H-pyrrole nitrogens is 1. The quantitative estimate of drug-likeness (QED) is 0.819. The zero-order valence-corrected chi connectivity index (χ0v) is 10.0. The molecule has 0 saturated heterocycles. The molecule has 4 nitrogen and oxygen atoms in total. The van der Waals surface area contributed by atoms with E-state index < -0.39 is 5.97 Å². The molecule has 0 saturated carbocycles. The van der Waals surface area contributed by atoms with Crippen molar-refractivity contribution in [1.29, 1.82) is 0 Å². The van der Waals surface area contributed by atoms with Gasteiger partial charge in [0.1, 0.15) is 0 Å². The van der Waals surface area contributed by atoms with Crippen molar-refractivity contribution in [3.05, 3.63) is 54.1 Å². The van der Waals surface area contributed by atoms with Crippen LogP contribution in [0.5, 0.6) is 0 Å². The molecule has 2 aromatic rings. The van der Waals surface area contributed by atoms with Gasteiger partial charge in [0.2, 0.25) is 0 Å². The Morgan fingerprint density at radius 3 is 2.72 bits per heavy atom. The lowest BCUT2D eigenvalue weighted by atomic mass is 9.94. The van der Waals surface area contributed by atoms with E-state index in [1.165, 1.54) is 0 Å². The number of nitrogens with zero attached hydrogens (tertiary/aromatic N) is 1. The minimum Gasteiger partial charge on any atom is -0.481 e. The van der Waals surface area contributed by atoms with E-state index in [4.69, 9.17) is 0 Å². The van der Waals surface area contributed by atoms with Crippen molar-refractivity contribution in [1.82, 2.24) is 9.97 Å². The molecule has 2 rings (SSSR count). The highest BCUT2D eigenvalue weighted by molar-refractivity contribution is 5.70. The number of aromatic amines is 1. The fourth-order valence-electron chi connectivity index (χ4n) is 1.96. The van der Waals surface area contributed by atoms with Crippen LogP contribution in [-0.2, 0) is 17.6 Å². The zero-order valence-electron chi connectivity index (χ0n) is 10.0. The van der Waals surface area contributed by atoms with Crippen molar-refractivity contribution in [2.75, 3.05) is 0 Å². The Morgan fingerprint density at radius 1 is 1.33 bits per heavy atom. The maximum Gasteiger partial charge on any atom is 0.306 e. The van der Waals surface area contributed by atoms with Gasteiger partial charge in [0.05, 0.1) is 12.2 Å². The number of carboxylic acid groups (broad SMARTS) is 1. The molecule has 0 amide bonds. The molecule has 18 heavy (non-hydrogen) atoms. The summed E-state index contributed by atoms with van der Waals surface area (Å²) in [7, 11) is 0. The van der Waals surface area contributed by atoms with Gasteiger partial charge in [-0.2, -0.15) is 0 Å². The molecule has 1 aromatic heterocycles. The predicted molar refractivity (Wildman–Crippen MR) is 68.2 cm³/mol. The molecule has 1 unspecified atom stereocenters. The number of carboxylic acids is 1. The summed E-state index contributed by atoms with van der Waals surface area (Å²) in [4.78, 5) is 18.2. The molecule has 2 N–H and O–H groups in total. The first-order valence-electron chi connectivity index (χ1n) is 5.99. The topological polar surface area (TPSA) is 66.0 Å². The Balaban J connectivity index is 1.94. The number of aryl methyl sites for hydroxylation is 1. The van der Waals surface area contributed by atoms with Crippen molar-refractivity contribution >= 4 is 5.97 Å². The molecule has 0 aliphatic carbocycles. The Labute approximate surface area is 106 Å². The standard InChI is InChI=1S/C14H16N2O2/c17-14(18)12(6-7-13-9-15-10-16-13)8-11-4-2-1-3-5-11/h1-5,9-10,12H,6-8H2,(H,15,16)(H,17,18). The Hall–Kier alpha value is -2.10. The van der Waals surface area contributed by atoms with Crippen molar-refractivity contribution in [2.24, 2.45) is 5.92 Å². The maximum absolute atomic E-state index is 11.2. The Kier molecular flexibility index (Phi) is 4.12. The van der Waals surface area contributed by atoms with Gasteiger partial charge >= 0.3 is 5.97 Å². The summed E-state index contributed by atoms with van der Waals surface area (Å²) in [5, 5.41) is 9.24. The highest BCUT2D eigenvalue weighted by atomic mass is 16.4. The molecular formula is C14H16N2O2. The number of aromatic nitrogens is 2. The molecule has 0 spiro atoms. The van der Waals surface area contributed by atoms with Crippen LogP contribution in [0.4, 0.5) is 0 Å². The number of carbonyl (C=O) groups is 1. The van der Waals surface area contributed by atoms with Crippen LogP contribution in [0.3, 0.4) is 0 Å². The smallest absolute Gasteiger partial charge is 0.306 e. The first kappa shape index (κ1) is 12.4. The second-order valence-corrected chi connectivity index (χ2v) is 4.34. The summed E-state index contributed by atoms with van der Waals surface area (Å²) in [5.41, 5.74) is 2.05. The number of nitrogens with one attached hydrogen (secondary N) is 1. The minimum atomic E-state index is -0.738. The van der Waals surface area contributed by atoms with Gasteiger partial charge < -0.3 is 10.1 Å². The molecule has 94 valence electrons. The second-order valence-electron chi connectivity index (χ2n) is 4.34. The summed E-state index contributed by atoms with van der Waals surface area (Å²) in [6.45, 7) is 0. The highest BCUT2D eigenvalue weighted by Gasteiger charge is 2.17. The summed E-state index contributed by atoms with van der Waals surface area (Å²) >= 11 is 0. The highest BCUT2D eigenvalue weighted by Crippen LogP contribution is 2.15. The van der Waals surface area contributed by atoms with Crippen LogP contribution >= 0.6 is 0 Å². The van der Waals surface area contributed by atoms with Gasteiger partial charge in [0, 0.05) is 11.9 Å². The van der Waals surface area contributed by atoms with Crippen molar-refractivity contribution in [2.45, 2.75) is 19.3 Å². The van der Waals surface area contributed by atoms with E-state index >= 15 is 0 Å². The van der Waals surface area contributed by atoms with Crippen molar-refractivity contribution in [3.8, 4) is 0 Å². The van der Waals surface area contributed by atoms with Crippen LogP contribution in [0.2, 0.25) is 0 Å². The van der Waals surface area contributed by atoms with Crippen LogP contribution in [0, 0.1) is 5.92 Å². The molecule has 0 aliphatic heterocycles. The number of hydrogen-bond acceptors (Lipinski definition) is 2.